The third kappa shape index (κ3) is 5.41. The molecule has 2 aromatic rings. The van der Waals surface area contributed by atoms with Crippen molar-refractivity contribution in [1.29, 1.82) is 5.26 Å². The van der Waals surface area contributed by atoms with Gasteiger partial charge in [0.15, 0.2) is 6.61 Å². The lowest BCUT2D eigenvalue weighted by atomic mass is 10.2. The highest BCUT2D eigenvalue weighted by molar-refractivity contribution is 6.35. The van der Waals surface area contributed by atoms with E-state index in [9.17, 15) is 4.79 Å². The van der Waals surface area contributed by atoms with Crippen LogP contribution in [0.4, 0.5) is 0 Å². The van der Waals surface area contributed by atoms with Gasteiger partial charge in [-0.15, -0.1) is 0 Å². The van der Waals surface area contributed by atoms with Crippen molar-refractivity contribution >= 4 is 29.1 Å². The van der Waals surface area contributed by atoms with Crippen LogP contribution in [0.25, 0.3) is 0 Å². The van der Waals surface area contributed by atoms with E-state index in [0.717, 1.165) is 5.56 Å². The Hall–Kier alpha value is -2.29. The molecule has 24 heavy (non-hydrogen) atoms. The molecule has 0 saturated carbocycles. The first kappa shape index (κ1) is 18.1. The third-order valence-corrected chi connectivity index (χ3v) is 3.72. The molecule has 0 radical (unpaired) electrons. The molecule has 0 aliphatic rings. The Morgan fingerprint density at radius 2 is 2.17 bits per heavy atom. The molecular formula is C17H15Cl2N3O2. The predicted octanol–water partition coefficient (Wildman–Crippen LogP) is 3.71. The molecule has 0 atom stereocenters. The Morgan fingerprint density at radius 1 is 1.33 bits per heavy atom. The second-order valence-corrected chi connectivity index (χ2v) is 5.79. The van der Waals surface area contributed by atoms with Gasteiger partial charge in [0.25, 0.3) is 5.91 Å². The average Bonchev–Trinajstić information content (AvgIpc) is 2.58. The highest BCUT2D eigenvalue weighted by Crippen LogP contribution is 2.27. The highest BCUT2D eigenvalue weighted by atomic mass is 35.5. The smallest absolute Gasteiger partial charge is 0.260 e. The molecule has 2 rings (SSSR count). The van der Waals surface area contributed by atoms with Crippen LogP contribution in [0.5, 0.6) is 5.75 Å². The number of carbonyl (C=O) groups excluding carboxylic acids is 1. The van der Waals surface area contributed by atoms with E-state index in [1.807, 2.05) is 12.1 Å². The number of hydrogen-bond donors (Lipinski definition) is 0. The number of carbonyl (C=O) groups is 1. The molecule has 0 bridgehead atoms. The van der Waals surface area contributed by atoms with E-state index in [2.05, 4.69) is 4.98 Å². The van der Waals surface area contributed by atoms with Crippen LogP contribution >= 0.6 is 23.2 Å². The Morgan fingerprint density at radius 3 is 2.83 bits per heavy atom. The van der Waals surface area contributed by atoms with Crippen molar-refractivity contribution < 1.29 is 9.53 Å². The normalized spacial score (nSPS) is 10.0. The maximum absolute atomic E-state index is 12.4. The minimum Gasteiger partial charge on any atom is -0.482 e. The van der Waals surface area contributed by atoms with Crippen LogP contribution in [0.2, 0.25) is 10.0 Å². The first-order valence-electron chi connectivity index (χ1n) is 7.21. The summed E-state index contributed by atoms with van der Waals surface area (Å²) in [5.41, 5.74) is 0.883. The molecule has 0 unspecified atom stereocenters. The number of pyridine rings is 1. The van der Waals surface area contributed by atoms with Crippen LogP contribution < -0.4 is 4.74 Å². The fourth-order valence-electron chi connectivity index (χ4n) is 2.01. The Bertz CT molecular complexity index is 732. The van der Waals surface area contributed by atoms with Gasteiger partial charge in [-0.1, -0.05) is 29.3 Å². The molecule has 124 valence electrons. The van der Waals surface area contributed by atoms with Gasteiger partial charge in [0, 0.05) is 30.5 Å². The van der Waals surface area contributed by atoms with Crippen molar-refractivity contribution in [3.8, 4) is 11.8 Å². The van der Waals surface area contributed by atoms with Crippen molar-refractivity contribution in [2.45, 2.75) is 13.0 Å². The average molecular weight is 364 g/mol. The molecule has 0 fully saturated rings. The fraction of sp³-hybridized carbons (Fsp3) is 0.235. The molecule has 1 amide bonds. The number of amides is 1. The van der Waals surface area contributed by atoms with E-state index in [1.54, 1.807) is 41.6 Å². The van der Waals surface area contributed by atoms with Gasteiger partial charge in [0.05, 0.1) is 17.5 Å². The molecule has 0 aliphatic carbocycles. The van der Waals surface area contributed by atoms with Crippen LogP contribution in [0.1, 0.15) is 12.0 Å². The van der Waals surface area contributed by atoms with Gasteiger partial charge in [-0.25, -0.2) is 0 Å². The summed E-state index contributed by atoms with van der Waals surface area (Å²) in [4.78, 5) is 18.0. The fourth-order valence-corrected chi connectivity index (χ4v) is 2.48. The number of halogens is 2. The molecule has 1 heterocycles. The van der Waals surface area contributed by atoms with E-state index in [1.165, 1.54) is 0 Å². The lowest BCUT2D eigenvalue weighted by molar-refractivity contribution is -0.133. The maximum Gasteiger partial charge on any atom is 0.260 e. The summed E-state index contributed by atoms with van der Waals surface area (Å²) < 4.78 is 5.47. The second-order valence-electron chi connectivity index (χ2n) is 4.95. The van der Waals surface area contributed by atoms with Gasteiger partial charge in [0.2, 0.25) is 0 Å². The zero-order valence-electron chi connectivity index (χ0n) is 12.8. The minimum absolute atomic E-state index is 0.174. The van der Waals surface area contributed by atoms with Crippen LogP contribution in [0.15, 0.2) is 42.7 Å². The van der Waals surface area contributed by atoms with Crippen LogP contribution in [-0.4, -0.2) is 28.9 Å². The molecule has 7 heteroatoms. The van der Waals surface area contributed by atoms with Crippen LogP contribution in [0, 0.1) is 11.3 Å². The summed E-state index contributed by atoms with van der Waals surface area (Å²) in [6.07, 6.45) is 3.59. The standard InChI is InChI=1S/C17H15Cl2N3O2/c18-14-4-5-16(15(19)9-14)24-12-17(23)22(8-2-6-20)11-13-3-1-7-21-10-13/h1,3-5,7,9-10H,2,8,11-12H2. The summed E-state index contributed by atoms with van der Waals surface area (Å²) in [6, 6.07) is 10.5. The number of nitriles is 1. The van der Waals surface area contributed by atoms with Crippen molar-refractivity contribution in [1.82, 2.24) is 9.88 Å². The lowest BCUT2D eigenvalue weighted by Gasteiger charge is -2.22. The number of aromatic nitrogens is 1. The molecule has 0 aliphatic heterocycles. The quantitative estimate of drug-likeness (QED) is 0.751. The molecular weight excluding hydrogens is 349 g/mol. The Balaban J connectivity index is 2.00. The Kier molecular flexibility index (Phi) is 6.86. The van der Waals surface area contributed by atoms with Gasteiger partial charge in [-0.2, -0.15) is 5.26 Å². The van der Waals surface area contributed by atoms with Gasteiger partial charge in [0.1, 0.15) is 5.75 Å². The number of rotatable bonds is 7. The Labute approximate surface area is 150 Å². The van der Waals surface area contributed by atoms with E-state index in [-0.39, 0.29) is 18.9 Å². The van der Waals surface area contributed by atoms with Gasteiger partial charge < -0.3 is 9.64 Å². The molecule has 1 aromatic heterocycles. The van der Waals surface area contributed by atoms with Crippen molar-refractivity contribution in [3.63, 3.8) is 0 Å². The van der Waals surface area contributed by atoms with Gasteiger partial charge >= 0.3 is 0 Å². The van der Waals surface area contributed by atoms with Gasteiger partial charge in [-0.3, -0.25) is 9.78 Å². The monoisotopic (exact) mass is 363 g/mol. The second kappa shape index (κ2) is 9.11. The van der Waals surface area contributed by atoms with Crippen molar-refractivity contribution in [2.75, 3.05) is 13.2 Å². The van der Waals surface area contributed by atoms with Gasteiger partial charge in [-0.05, 0) is 29.8 Å². The topological polar surface area (TPSA) is 66.2 Å². The molecule has 0 spiro atoms. The van der Waals surface area contributed by atoms with E-state index in [4.69, 9.17) is 33.2 Å². The minimum atomic E-state index is -0.236. The summed E-state index contributed by atoms with van der Waals surface area (Å²) >= 11 is 11.8. The van der Waals surface area contributed by atoms with E-state index < -0.39 is 0 Å². The van der Waals surface area contributed by atoms with Crippen LogP contribution in [-0.2, 0) is 11.3 Å². The summed E-state index contributed by atoms with van der Waals surface area (Å²) in [5.74, 6) is 0.149. The zero-order chi connectivity index (χ0) is 17.4. The molecule has 0 N–H and O–H groups in total. The number of nitrogens with zero attached hydrogens (tertiary/aromatic N) is 3. The third-order valence-electron chi connectivity index (χ3n) is 3.19. The van der Waals surface area contributed by atoms with Crippen molar-refractivity contribution in [3.05, 3.63) is 58.3 Å². The SMILES string of the molecule is N#CCCN(Cc1cccnc1)C(=O)COc1ccc(Cl)cc1Cl. The largest absolute Gasteiger partial charge is 0.482 e. The molecule has 1 aromatic carbocycles. The van der Waals surface area contributed by atoms with E-state index >= 15 is 0 Å². The van der Waals surface area contributed by atoms with Crippen LogP contribution in [0.3, 0.4) is 0 Å². The maximum atomic E-state index is 12.4. The predicted molar refractivity (Wildman–Crippen MR) is 91.8 cm³/mol. The summed E-state index contributed by atoms with van der Waals surface area (Å²) in [5, 5.41) is 9.60. The summed E-state index contributed by atoms with van der Waals surface area (Å²) in [7, 11) is 0. The lowest BCUT2D eigenvalue weighted by Crippen LogP contribution is -2.35. The first-order valence-corrected chi connectivity index (χ1v) is 7.97. The molecule has 5 nitrogen and oxygen atoms in total. The number of hydrogen-bond acceptors (Lipinski definition) is 4. The molecule has 0 saturated heterocycles. The zero-order valence-corrected chi connectivity index (χ0v) is 14.3. The van der Waals surface area contributed by atoms with E-state index in [0.29, 0.717) is 28.9 Å². The number of ether oxygens (including phenoxy) is 1. The summed E-state index contributed by atoms with van der Waals surface area (Å²) in [6.45, 7) is 0.515. The first-order chi connectivity index (χ1) is 11.6. The number of benzene rings is 1. The highest BCUT2D eigenvalue weighted by Gasteiger charge is 2.15. The van der Waals surface area contributed by atoms with Crippen molar-refractivity contribution in [2.24, 2.45) is 0 Å².